The molecule has 0 saturated carbocycles. The molecule has 0 bridgehead atoms. The molecule has 0 saturated heterocycles. The van der Waals surface area contributed by atoms with Crippen LogP contribution >= 0.6 is 0 Å². The van der Waals surface area contributed by atoms with Gasteiger partial charge in [-0.25, -0.2) is 0 Å². The van der Waals surface area contributed by atoms with Gasteiger partial charge >= 0.3 is 0 Å². The van der Waals surface area contributed by atoms with E-state index in [0.717, 1.165) is 79.4 Å². The Balaban J connectivity index is 1.74. The van der Waals surface area contributed by atoms with Gasteiger partial charge in [0, 0.05) is 23.5 Å². The zero-order chi connectivity index (χ0) is 29.1. The molecule has 40 heavy (non-hydrogen) atoms. The minimum absolute atomic E-state index is 0.0157. The van der Waals surface area contributed by atoms with E-state index in [2.05, 4.69) is 37.3 Å². The van der Waals surface area contributed by atoms with E-state index >= 15 is 0 Å². The van der Waals surface area contributed by atoms with Crippen molar-refractivity contribution in [2.45, 2.75) is 98.8 Å². The number of hydrogen-bond acceptors (Lipinski definition) is 4. The maximum atomic E-state index is 13.5. The predicted molar refractivity (Wildman–Crippen MR) is 163 cm³/mol. The highest BCUT2D eigenvalue weighted by molar-refractivity contribution is 6.01. The largest absolute Gasteiger partial charge is 0.493 e. The molecule has 0 fully saturated rings. The van der Waals surface area contributed by atoms with E-state index in [1.165, 1.54) is 12.5 Å². The van der Waals surface area contributed by atoms with Gasteiger partial charge in [-0.2, -0.15) is 0 Å². The molecule has 0 spiro atoms. The van der Waals surface area contributed by atoms with Crippen LogP contribution in [0.3, 0.4) is 0 Å². The summed E-state index contributed by atoms with van der Waals surface area (Å²) < 4.78 is 6.31. The van der Waals surface area contributed by atoms with E-state index in [9.17, 15) is 14.4 Å². The molecule has 0 amide bonds. The Labute approximate surface area is 241 Å². The highest BCUT2D eigenvalue weighted by Gasteiger charge is 2.34. The van der Waals surface area contributed by atoms with E-state index in [-0.39, 0.29) is 41.5 Å². The lowest BCUT2D eigenvalue weighted by molar-refractivity contribution is -0.129. The van der Waals surface area contributed by atoms with Gasteiger partial charge in [-0.05, 0) is 93.9 Å². The van der Waals surface area contributed by atoms with Crippen molar-refractivity contribution in [1.82, 2.24) is 0 Å². The molecule has 0 heterocycles. The van der Waals surface area contributed by atoms with Crippen molar-refractivity contribution in [1.29, 1.82) is 0 Å². The Morgan fingerprint density at radius 3 is 2.45 bits per heavy atom. The van der Waals surface area contributed by atoms with Gasteiger partial charge in [0.25, 0.3) is 0 Å². The van der Waals surface area contributed by atoms with Gasteiger partial charge in [-0.3, -0.25) is 14.4 Å². The number of ketones is 3. The Morgan fingerprint density at radius 2 is 1.80 bits per heavy atom. The van der Waals surface area contributed by atoms with E-state index < -0.39 is 0 Å². The SMILES string of the molecule is C/C=C(\OCCCCc1ccccc1)c1ccc(C)c2c1CC(CC(CCC)C(CC)C(=O)CC(C)=O)CC2=O. The first-order valence-electron chi connectivity index (χ1n) is 15.3. The smallest absolute Gasteiger partial charge is 0.163 e. The molecule has 0 radical (unpaired) electrons. The second kappa shape index (κ2) is 15.7. The van der Waals surface area contributed by atoms with Crippen molar-refractivity contribution in [2.24, 2.45) is 17.8 Å². The van der Waals surface area contributed by atoms with E-state index in [4.69, 9.17) is 4.74 Å². The number of ether oxygens (including phenoxy) is 1. The number of benzene rings is 2. The van der Waals surface area contributed by atoms with Crippen LogP contribution in [0.25, 0.3) is 5.76 Å². The summed E-state index contributed by atoms with van der Waals surface area (Å²) in [5.41, 5.74) is 5.34. The number of rotatable bonds is 16. The van der Waals surface area contributed by atoms with Crippen molar-refractivity contribution in [3.63, 3.8) is 0 Å². The zero-order valence-corrected chi connectivity index (χ0v) is 25.3. The average Bonchev–Trinajstić information content (AvgIpc) is 2.92. The summed E-state index contributed by atoms with van der Waals surface area (Å²) in [5, 5.41) is 0. The normalized spacial score (nSPS) is 16.8. The first-order valence-corrected chi connectivity index (χ1v) is 15.3. The molecule has 0 N–H and O–H groups in total. The molecular weight excluding hydrogens is 496 g/mol. The van der Waals surface area contributed by atoms with Crippen LogP contribution in [0.1, 0.15) is 112 Å². The van der Waals surface area contributed by atoms with Gasteiger partial charge in [0.2, 0.25) is 0 Å². The Hall–Kier alpha value is -3.01. The molecule has 216 valence electrons. The second-order valence-electron chi connectivity index (χ2n) is 11.6. The third-order valence-corrected chi connectivity index (χ3v) is 8.40. The number of allylic oxidation sites excluding steroid dienone is 1. The first kappa shape index (κ1) is 31.5. The lowest BCUT2D eigenvalue weighted by atomic mass is 9.71. The summed E-state index contributed by atoms with van der Waals surface area (Å²) >= 11 is 0. The van der Waals surface area contributed by atoms with Crippen LogP contribution in [-0.2, 0) is 27.2 Å². The number of fused-ring (bicyclic) bond motifs is 1. The van der Waals surface area contributed by atoms with Gasteiger partial charge < -0.3 is 4.74 Å². The lowest BCUT2D eigenvalue weighted by Crippen LogP contribution is -2.30. The molecule has 3 atom stereocenters. The van der Waals surface area contributed by atoms with Gasteiger partial charge in [0.15, 0.2) is 5.78 Å². The average molecular weight is 545 g/mol. The number of unbranched alkanes of at least 4 members (excludes halogenated alkanes) is 1. The Morgan fingerprint density at radius 1 is 1.05 bits per heavy atom. The molecule has 3 unspecified atom stereocenters. The summed E-state index contributed by atoms with van der Waals surface area (Å²) in [7, 11) is 0. The molecule has 0 aromatic heterocycles. The maximum absolute atomic E-state index is 13.5. The van der Waals surface area contributed by atoms with Gasteiger partial charge in [-0.1, -0.05) is 69.2 Å². The van der Waals surface area contributed by atoms with Crippen molar-refractivity contribution < 1.29 is 19.1 Å². The maximum Gasteiger partial charge on any atom is 0.163 e. The molecule has 2 aromatic carbocycles. The molecule has 3 rings (SSSR count). The van der Waals surface area contributed by atoms with Crippen molar-refractivity contribution >= 4 is 23.1 Å². The first-order chi connectivity index (χ1) is 19.3. The van der Waals surface area contributed by atoms with Crippen LogP contribution in [-0.4, -0.2) is 24.0 Å². The highest BCUT2D eigenvalue weighted by atomic mass is 16.5. The van der Waals surface area contributed by atoms with Crippen LogP contribution in [0.4, 0.5) is 0 Å². The summed E-state index contributed by atoms with van der Waals surface area (Å²) in [6.45, 7) is 10.3. The fourth-order valence-electron chi connectivity index (χ4n) is 6.54. The number of hydrogen-bond donors (Lipinski definition) is 0. The molecule has 4 nitrogen and oxygen atoms in total. The Bertz CT molecular complexity index is 1180. The minimum Gasteiger partial charge on any atom is -0.493 e. The predicted octanol–water partition coefficient (Wildman–Crippen LogP) is 8.52. The van der Waals surface area contributed by atoms with Crippen LogP contribution in [0.2, 0.25) is 0 Å². The number of carbonyl (C=O) groups excluding carboxylic acids is 3. The summed E-state index contributed by atoms with van der Waals surface area (Å²) in [6, 6.07) is 14.7. The number of Topliss-reactive ketones (excluding diaryl/α,β-unsaturated/α-hetero) is 3. The quantitative estimate of drug-likeness (QED) is 0.121. The highest BCUT2D eigenvalue weighted by Crippen LogP contribution is 2.39. The fourth-order valence-corrected chi connectivity index (χ4v) is 6.54. The zero-order valence-electron chi connectivity index (χ0n) is 25.3. The van der Waals surface area contributed by atoms with E-state index in [1.54, 1.807) is 0 Å². The summed E-state index contributed by atoms with van der Waals surface area (Å²) in [4.78, 5) is 38.1. The second-order valence-corrected chi connectivity index (χ2v) is 11.6. The Kier molecular flexibility index (Phi) is 12.4. The van der Waals surface area contributed by atoms with Crippen LogP contribution in [0.5, 0.6) is 0 Å². The number of carbonyl (C=O) groups is 3. The minimum atomic E-state index is -0.123. The molecule has 2 aromatic rings. The van der Waals surface area contributed by atoms with E-state index in [0.29, 0.717) is 13.0 Å². The topological polar surface area (TPSA) is 60.4 Å². The van der Waals surface area contributed by atoms with E-state index in [1.807, 2.05) is 39.0 Å². The third kappa shape index (κ3) is 8.49. The standard InChI is InChI=1S/C36H48O4/c1-6-14-29(30(7-2)33(38)21-26(5)37)22-28-23-32-31(19-18-25(4)36(32)34(39)24-28)35(8-3)40-20-13-12-17-27-15-10-9-11-16-27/h8-11,15-16,18-19,28-30H,6-7,12-14,17,20-24H2,1-5H3/b35-8-. The van der Waals surface area contributed by atoms with Crippen LogP contribution in [0, 0.1) is 24.7 Å². The fraction of sp³-hybridized carbons (Fsp3) is 0.528. The lowest BCUT2D eigenvalue weighted by Gasteiger charge is -2.32. The number of aryl methyl sites for hydroxylation is 2. The van der Waals surface area contributed by atoms with Crippen LogP contribution < -0.4 is 0 Å². The van der Waals surface area contributed by atoms with Crippen LogP contribution in [0.15, 0.2) is 48.5 Å². The molecule has 1 aliphatic carbocycles. The van der Waals surface area contributed by atoms with Crippen molar-refractivity contribution in [2.75, 3.05) is 6.61 Å². The summed E-state index contributed by atoms with van der Waals surface area (Å²) in [6.07, 6.45) is 9.91. The van der Waals surface area contributed by atoms with Crippen molar-refractivity contribution in [3.8, 4) is 0 Å². The van der Waals surface area contributed by atoms with Gasteiger partial charge in [0.1, 0.15) is 17.3 Å². The van der Waals surface area contributed by atoms with Gasteiger partial charge in [-0.15, -0.1) is 0 Å². The monoisotopic (exact) mass is 544 g/mol. The molecule has 0 aliphatic heterocycles. The molecule has 1 aliphatic rings. The molecule has 4 heteroatoms. The van der Waals surface area contributed by atoms with Crippen molar-refractivity contribution in [3.05, 3.63) is 76.4 Å². The van der Waals surface area contributed by atoms with Gasteiger partial charge in [0.05, 0.1) is 13.0 Å². The third-order valence-electron chi connectivity index (χ3n) is 8.40. The summed E-state index contributed by atoms with van der Waals surface area (Å²) in [5.74, 6) is 1.28. The molecular formula is C36H48O4.